The molecule has 0 N–H and O–H groups in total. The average molecular weight is 305 g/mol. The molecule has 2 aromatic carbocycles. The van der Waals surface area contributed by atoms with E-state index in [1.165, 1.54) is 30.0 Å². The Hall–Kier alpha value is -0.770. The van der Waals surface area contributed by atoms with Crippen molar-refractivity contribution in [1.82, 2.24) is 0 Å². The van der Waals surface area contributed by atoms with E-state index in [-0.39, 0.29) is 10.8 Å². The van der Waals surface area contributed by atoms with Crippen molar-refractivity contribution in [3.8, 4) is 0 Å². The molecule has 0 aromatic heterocycles. The lowest BCUT2D eigenvalue weighted by Crippen LogP contribution is -1.84. The van der Waals surface area contributed by atoms with Gasteiger partial charge < -0.3 is 0 Å². The van der Waals surface area contributed by atoms with E-state index in [1.807, 2.05) is 0 Å². The lowest BCUT2D eigenvalue weighted by molar-refractivity contribution is 0.624. The topological polar surface area (TPSA) is 0 Å². The van der Waals surface area contributed by atoms with Gasteiger partial charge in [0.25, 0.3) is 0 Å². The van der Waals surface area contributed by atoms with E-state index in [9.17, 15) is 8.78 Å². The van der Waals surface area contributed by atoms with Gasteiger partial charge in [0.05, 0.1) is 5.02 Å². The highest BCUT2D eigenvalue weighted by molar-refractivity contribution is 7.98. The van der Waals surface area contributed by atoms with Gasteiger partial charge in [-0.1, -0.05) is 29.3 Å². The molecule has 0 bridgehead atoms. The minimum atomic E-state index is -0.445. The van der Waals surface area contributed by atoms with Gasteiger partial charge in [-0.3, -0.25) is 0 Å². The maximum Gasteiger partial charge on any atom is 0.141 e. The number of thioether (sulfide) groups is 1. The number of benzene rings is 2. The number of halogens is 4. The van der Waals surface area contributed by atoms with Crippen LogP contribution >= 0.6 is 35.0 Å². The molecule has 0 amide bonds. The zero-order valence-electron chi connectivity index (χ0n) is 9.09. The van der Waals surface area contributed by atoms with Crippen molar-refractivity contribution in [2.24, 2.45) is 0 Å². The molecule has 0 spiro atoms. The molecule has 0 atom stereocenters. The molecule has 2 rings (SSSR count). The number of hydrogen-bond donors (Lipinski definition) is 0. The van der Waals surface area contributed by atoms with E-state index in [0.717, 1.165) is 10.5 Å². The summed E-state index contributed by atoms with van der Waals surface area (Å²) in [5, 5.41) is 0.444. The van der Waals surface area contributed by atoms with Crippen LogP contribution in [0.1, 0.15) is 5.56 Å². The largest absolute Gasteiger partial charge is 0.207 e. The van der Waals surface area contributed by atoms with Gasteiger partial charge in [-0.05, 0) is 35.9 Å². The first-order valence-corrected chi connectivity index (χ1v) is 6.81. The lowest BCUT2D eigenvalue weighted by Gasteiger charge is -2.04. The maximum absolute atomic E-state index is 13.1. The van der Waals surface area contributed by atoms with Gasteiger partial charge >= 0.3 is 0 Å². The second-order valence-electron chi connectivity index (χ2n) is 3.64. The molecule has 0 aliphatic rings. The Labute approximate surface area is 118 Å². The van der Waals surface area contributed by atoms with Crippen molar-refractivity contribution in [3.05, 3.63) is 63.6 Å². The van der Waals surface area contributed by atoms with Crippen molar-refractivity contribution in [2.45, 2.75) is 10.6 Å². The monoisotopic (exact) mass is 304 g/mol. The van der Waals surface area contributed by atoms with E-state index in [0.29, 0.717) is 10.8 Å². The molecule has 5 heteroatoms. The second-order valence-corrected chi connectivity index (χ2v) is 5.53. The molecule has 18 heavy (non-hydrogen) atoms. The van der Waals surface area contributed by atoms with E-state index < -0.39 is 5.82 Å². The van der Waals surface area contributed by atoms with Crippen LogP contribution in [0.4, 0.5) is 8.78 Å². The standard InChI is InChI=1S/C13H8Cl2F2S/c14-9-4-10(16)6-11(5-9)18-7-8-1-2-13(17)12(15)3-8/h1-6H,7H2. The Morgan fingerprint density at radius 1 is 1.00 bits per heavy atom. The summed E-state index contributed by atoms with van der Waals surface area (Å²) >= 11 is 12.8. The summed E-state index contributed by atoms with van der Waals surface area (Å²) < 4.78 is 26.1. The summed E-state index contributed by atoms with van der Waals surface area (Å²) in [5.41, 5.74) is 0.867. The zero-order chi connectivity index (χ0) is 13.1. The Balaban J connectivity index is 2.08. The maximum atomic E-state index is 13.1. The van der Waals surface area contributed by atoms with Gasteiger partial charge in [0, 0.05) is 15.7 Å². The van der Waals surface area contributed by atoms with Crippen molar-refractivity contribution < 1.29 is 8.78 Å². The van der Waals surface area contributed by atoms with Crippen LogP contribution in [-0.2, 0) is 5.75 Å². The molecule has 0 aliphatic heterocycles. The summed E-state index contributed by atoms with van der Waals surface area (Å²) in [4.78, 5) is 0.723. The first-order chi connectivity index (χ1) is 8.54. The van der Waals surface area contributed by atoms with Crippen molar-refractivity contribution >= 4 is 35.0 Å². The summed E-state index contributed by atoms with van der Waals surface area (Å²) in [5.74, 6) is -0.249. The molecule has 0 aliphatic carbocycles. The Morgan fingerprint density at radius 2 is 1.78 bits per heavy atom. The molecule has 0 heterocycles. The van der Waals surface area contributed by atoms with Gasteiger partial charge in [-0.25, -0.2) is 8.78 Å². The van der Waals surface area contributed by atoms with Crippen molar-refractivity contribution in [2.75, 3.05) is 0 Å². The molecule has 0 radical (unpaired) electrons. The third-order valence-corrected chi connectivity index (χ3v) is 3.78. The third kappa shape index (κ3) is 3.61. The summed E-state index contributed by atoms with van der Waals surface area (Å²) in [7, 11) is 0. The minimum absolute atomic E-state index is 0.0883. The highest BCUT2D eigenvalue weighted by Crippen LogP contribution is 2.27. The van der Waals surface area contributed by atoms with Gasteiger partial charge in [0.1, 0.15) is 11.6 Å². The molecule has 94 valence electrons. The molecule has 0 fully saturated rings. The summed E-state index contributed by atoms with van der Waals surface area (Å²) in [6.45, 7) is 0. The zero-order valence-corrected chi connectivity index (χ0v) is 11.4. The molecule has 0 nitrogen and oxygen atoms in total. The van der Waals surface area contributed by atoms with Gasteiger partial charge in [0.2, 0.25) is 0 Å². The van der Waals surface area contributed by atoms with Crippen LogP contribution in [0, 0.1) is 11.6 Å². The van der Waals surface area contributed by atoms with E-state index >= 15 is 0 Å². The molecule has 2 aromatic rings. The fourth-order valence-electron chi connectivity index (χ4n) is 1.41. The average Bonchev–Trinajstić information content (AvgIpc) is 2.29. The first kappa shape index (κ1) is 13.7. The molecular weight excluding hydrogens is 297 g/mol. The Bertz CT molecular complexity index is 553. The summed E-state index contributed by atoms with van der Waals surface area (Å²) in [6.07, 6.45) is 0. The van der Waals surface area contributed by atoms with Crippen LogP contribution in [0.25, 0.3) is 0 Å². The van der Waals surface area contributed by atoms with E-state index in [1.54, 1.807) is 18.2 Å². The minimum Gasteiger partial charge on any atom is -0.207 e. The highest BCUT2D eigenvalue weighted by atomic mass is 35.5. The number of hydrogen-bond acceptors (Lipinski definition) is 1. The second kappa shape index (κ2) is 5.91. The van der Waals surface area contributed by atoms with Crippen molar-refractivity contribution in [1.29, 1.82) is 0 Å². The smallest absolute Gasteiger partial charge is 0.141 e. The van der Waals surface area contributed by atoms with Crippen LogP contribution < -0.4 is 0 Å². The van der Waals surface area contributed by atoms with Crippen LogP contribution in [0.5, 0.6) is 0 Å². The molecular formula is C13H8Cl2F2S. The third-order valence-electron chi connectivity index (χ3n) is 2.23. The molecule has 0 saturated heterocycles. The van der Waals surface area contributed by atoms with Gasteiger partial charge in [0.15, 0.2) is 0 Å². The Morgan fingerprint density at radius 3 is 2.44 bits per heavy atom. The normalized spacial score (nSPS) is 10.7. The number of rotatable bonds is 3. The van der Waals surface area contributed by atoms with E-state index in [2.05, 4.69) is 0 Å². The SMILES string of the molecule is Fc1cc(Cl)cc(SCc2ccc(F)c(Cl)c2)c1. The predicted molar refractivity (Wildman–Crippen MR) is 72.4 cm³/mol. The predicted octanol–water partition coefficient (Wildman–Crippen LogP) is 5.56. The molecule has 0 saturated carbocycles. The van der Waals surface area contributed by atoms with Crippen LogP contribution in [0.3, 0.4) is 0 Å². The van der Waals surface area contributed by atoms with Crippen LogP contribution in [0.15, 0.2) is 41.3 Å². The van der Waals surface area contributed by atoms with Gasteiger partial charge in [-0.2, -0.15) is 0 Å². The summed E-state index contributed by atoms with van der Waals surface area (Å²) in [6, 6.07) is 8.86. The fourth-order valence-corrected chi connectivity index (χ4v) is 2.82. The van der Waals surface area contributed by atoms with E-state index in [4.69, 9.17) is 23.2 Å². The highest BCUT2D eigenvalue weighted by Gasteiger charge is 2.04. The van der Waals surface area contributed by atoms with Crippen LogP contribution in [0.2, 0.25) is 10.0 Å². The quantitative estimate of drug-likeness (QED) is 0.669. The van der Waals surface area contributed by atoms with Gasteiger partial charge in [-0.15, -0.1) is 11.8 Å². The fraction of sp³-hybridized carbons (Fsp3) is 0.0769. The van der Waals surface area contributed by atoms with Crippen LogP contribution in [-0.4, -0.2) is 0 Å². The first-order valence-electron chi connectivity index (χ1n) is 5.07. The Kier molecular flexibility index (Phi) is 4.49. The molecule has 0 unspecified atom stereocenters. The van der Waals surface area contributed by atoms with Crippen molar-refractivity contribution in [3.63, 3.8) is 0 Å². The lowest BCUT2D eigenvalue weighted by atomic mass is 10.2.